The van der Waals surface area contributed by atoms with Gasteiger partial charge in [-0.05, 0) is 39.5 Å². The maximum absolute atomic E-state index is 13.0. The number of tetrazole rings is 1. The summed E-state index contributed by atoms with van der Waals surface area (Å²) >= 11 is 0. The molecule has 8 nitrogen and oxygen atoms in total. The lowest BCUT2D eigenvalue weighted by Gasteiger charge is -2.19. The number of aromatic amines is 1. The first-order valence-corrected chi connectivity index (χ1v) is 13.0. The molecule has 0 radical (unpaired) electrons. The number of Topliss-reactive ketones (excluding diaryl/α,β-unsaturated/α-hetero) is 1. The third kappa shape index (κ3) is 5.27. The number of ketones is 1. The number of hydrogen-bond donors (Lipinski definition) is 1. The van der Waals surface area contributed by atoms with E-state index in [1.54, 1.807) is 0 Å². The van der Waals surface area contributed by atoms with Crippen LogP contribution >= 0.6 is 0 Å². The Morgan fingerprint density at radius 3 is 2.50 bits per heavy atom. The largest absolute Gasteiger partial charge is 0.291 e. The molecule has 2 aromatic heterocycles. The number of aromatic nitrogens is 7. The highest BCUT2D eigenvalue weighted by Crippen LogP contribution is 2.30. The molecule has 1 aliphatic rings. The van der Waals surface area contributed by atoms with Crippen LogP contribution in [-0.4, -0.2) is 41.2 Å². The van der Waals surface area contributed by atoms with Crippen molar-refractivity contribution in [3.05, 3.63) is 65.7 Å². The summed E-state index contributed by atoms with van der Waals surface area (Å²) < 4.78 is 1.92. The van der Waals surface area contributed by atoms with Gasteiger partial charge in [-0.1, -0.05) is 94.5 Å². The van der Waals surface area contributed by atoms with Gasteiger partial charge in [-0.3, -0.25) is 4.79 Å². The number of nitrogens with one attached hydrogen (secondary N) is 1. The van der Waals surface area contributed by atoms with Crippen molar-refractivity contribution >= 4 is 5.78 Å². The molecule has 36 heavy (non-hydrogen) atoms. The number of carbonyl (C=O) groups excluding carboxylic acids is 1. The number of carbonyl (C=O) groups is 1. The molecule has 1 atom stereocenters. The Morgan fingerprint density at radius 2 is 1.81 bits per heavy atom. The van der Waals surface area contributed by atoms with Crippen LogP contribution in [0.25, 0.3) is 22.5 Å². The summed E-state index contributed by atoms with van der Waals surface area (Å²) in [6, 6.07) is 16.5. The minimum absolute atomic E-state index is 0.0825. The number of rotatable bonds is 9. The van der Waals surface area contributed by atoms with Crippen LogP contribution in [0.1, 0.15) is 86.7 Å². The van der Waals surface area contributed by atoms with Gasteiger partial charge < -0.3 is 0 Å². The molecule has 2 heterocycles. The van der Waals surface area contributed by atoms with Gasteiger partial charge in [0.05, 0.1) is 6.54 Å². The molecule has 0 bridgehead atoms. The molecule has 0 amide bonds. The zero-order valence-corrected chi connectivity index (χ0v) is 21.0. The van der Waals surface area contributed by atoms with E-state index in [1.165, 1.54) is 19.3 Å². The smallest absolute Gasteiger partial charge is 0.217 e. The highest BCUT2D eigenvalue weighted by molar-refractivity contribution is 5.92. The van der Waals surface area contributed by atoms with Crippen LogP contribution < -0.4 is 0 Å². The number of hydrogen-bond acceptors (Lipinski definition) is 6. The Hall–Kier alpha value is -3.68. The van der Waals surface area contributed by atoms with Crippen LogP contribution in [0.3, 0.4) is 0 Å². The topological polar surface area (TPSA) is 102 Å². The Balaban J connectivity index is 1.36. The quantitative estimate of drug-likeness (QED) is 0.300. The van der Waals surface area contributed by atoms with E-state index in [2.05, 4.69) is 64.8 Å². The second-order valence-corrected chi connectivity index (χ2v) is 9.88. The molecule has 1 fully saturated rings. The number of nitrogens with zero attached hydrogens (tertiary/aromatic N) is 6. The van der Waals surface area contributed by atoms with E-state index in [4.69, 9.17) is 10.1 Å². The SMILES string of the molecule is CCC(C)c1nc(C(=O)CC2CCCCC2)nn1Cc1ccc(-c2ccccc2-c2nnn[nH]2)cc1. The van der Waals surface area contributed by atoms with E-state index < -0.39 is 0 Å². The second-order valence-electron chi connectivity index (χ2n) is 9.88. The molecule has 1 saturated carbocycles. The lowest BCUT2D eigenvalue weighted by Crippen LogP contribution is -2.13. The van der Waals surface area contributed by atoms with E-state index in [9.17, 15) is 4.79 Å². The normalized spacial score (nSPS) is 15.2. The van der Waals surface area contributed by atoms with Crippen molar-refractivity contribution < 1.29 is 4.79 Å². The first kappa shape index (κ1) is 24.0. The van der Waals surface area contributed by atoms with E-state index in [1.807, 2.05) is 22.9 Å². The molecule has 0 spiro atoms. The van der Waals surface area contributed by atoms with Gasteiger partial charge in [0.25, 0.3) is 0 Å². The van der Waals surface area contributed by atoms with Crippen molar-refractivity contribution in [2.75, 3.05) is 0 Å². The standard InChI is InChI=1S/C28H33N7O/c1-3-19(2)28-29-27(25(36)17-20-9-5-4-6-10-20)32-35(28)18-21-13-15-22(16-14-21)23-11-7-8-12-24(23)26-30-33-34-31-26/h7-8,11-16,19-20H,3-6,9-10,17-18H2,1-2H3,(H,30,31,33,34). The zero-order chi connectivity index (χ0) is 24.9. The molecule has 5 rings (SSSR count). The van der Waals surface area contributed by atoms with Crippen LogP contribution in [-0.2, 0) is 6.54 Å². The van der Waals surface area contributed by atoms with Gasteiger partial charge in [0, 0.05) is 17.9 Å². The second kappa shape index (κ2) is 10.9. The van der Waals surface area contributed by atoms with Gasteiger partial charge in [-0.15, -0.1) is 10.2 Å². The lowest BCUT2D eigenvalue weighted by atomic mass is 9.86. The van der Waals surface area contributed by atoms with Gasteiger partial charge in [0.1, 0.15) is 5.82 Å². The number of H-pyrrole nitrogens is 1. The van der Waals surface area contributed by atoms with E-state index in [0.717, 1.165) is 47.3 Å². The first-order valence-electron chi connectivity index (χ1n) is 13.0. The molecular formula is C28H33N7O. The summed E-state index contributed by atoms with van der Waals surface area (Å²) in [5, 5.41) is 19.0. The van der Waals surface area contributed by atoms with E-state index >= 15 is 0 Å². The maximum atomic E-state index is 13.0. The fourth-order valence-corrected chi connectivity index (χ4v) is 5.06. The Kier molecular flexibility index (Phi) is 7.30. The zero-order valence-electron chi connectivity index (χ0n) is 21.0. The summed E-state index contributed by atoms with van der Waals surface area (Å²) in [6.45, 7) is 4.87. The monoisotopic (exact) mass is 483 g/mol. The minimum atomic E-state index is 0.0825. The minimum Gasteiger partial charge on any atom is -0.291 e. The maximum Gasteiger partial charge on any atom is 0.217 e. The predicted molar refractivity (Wildman–Crippen MR) is 138 cm³/mol. The summed E-state index contributed by atoms with van der Waals surface area (Å²) in [4.78, 5) is 17.7. The van der Waals surface area contributed by atoms with Gasteiger partial charge in [-0.25, -0.2) is 14.8 Å². The molecule has 1 N–H and O–H groups in total. The van der Waals surface area contributed by atoms with Crippen molar-refractivity contribution in [3.8, 4) is 22.5 Å². The Bertz CT molecular complexity index is 1290. The third-order valence-corrected chi connectivity index (χ3v) is 7.33. The van der Waals surface area contributed by atoms with Crippen molar-refractivity contribution in [2.45, 2.75) is 71.3 Å². The molecule has 2 aromatic carbocycles. The van der Waals surface area contributed by atoms with E-state index in [-0.39, 0.29) is 11.7 Å². The average molecular weight is 484 g/mol. The van der Waals surface area contributed by atoms with E-state index in [0.29, 0.717) is 30.5 Å². The molecule has 1 unspecified atom stereocenters. The van der Waals surface area contributed by atoms with Gasteiger partial charge in [0.2, 0.25) is 11.6 Å². The fraction of sp³-hybridized carbons (Fsp3) is 0.429. The number of benzene rings is 2. The lowest BCUT2D eigenvalue weighted by molar-refractivity contribution is 0.0939. The summed E-state index contributed by atoms with van der Waals surface area (Å²) in [5.74, 6) is 2.70. The van der Waals surface area contributed by atoms with Crippen LogP contribution in [0, 0.1) is 5.92 Å². The predicted octanol–water partition coefficient (Wildman–Crippen LogP) is 5.84. The molecule has 186 valence electrons. The Labute approximate surface area is 211 Å². The van der Waals surface area contributed by atoms with Crippen molar-refractivity contribution in [1.29, 1.82) is 0 Å². The van der Waals surface area contributed by atoms with Gasteiger partial charge >= 0.3 is 0 Å². The highest BCUT2D eigenvalue weighted by Gasteiger charge is 2.23. The van der Waals surface area contributed by atoms with Crippen LogP contribution in [0.4, 0.5) is 0 Å². The first-order chi connectivity index (χ1) is 17.6. The van der Waals surface area contributed by atoms with Crippen LogP contribution in [0.5, 0.6) is 0 Å². The molecule has 4 aromatic rings. The molecule has 0 saturated heterocycles. The molecule has 0 aliphatic heterocycles. The summed E-state index contributed by atoms with van der Waals surface area (Å²) in [5.41, 5.74) is 4.19. The van der Waals surface area contributed by atoms with Crippen molar-refractivity contribution in [2.24, 2.45) is 5.92 Å². The molecule has 1 aliphatic carbocycles. The summed E-state index contributed by atoms with van der Waals surface area (Å²) in [6.07, 6.45) is 7.55. The Morgan fingerprint density at radius 1 is 1.06 bits per heavy atom. The van der Waals surface area contributed by atoms with Crippen LogP contribution in [0.2, 0.25) is 0 Å². The van der Waals surface area contributed by atoms with Gasteiger partial charge in [-0.2, -0.15) is 0 Å². The third-order valence-electron chi connectivity index (χ3n) is 7.33. The average Bonchev–Trinajstić information content (AvgIpc) is 3.60. The summed E-state index contributed by atoms with van der Waals surface area (Å²) in [7, 11) is 0. The van der Waals surface area contributed by atoms with Crippen LogP contribution in [0.15, 0.2) is 48.5 Å². The van der Waals surface area contributed by atoms with Crippen molar-refractivity contribution in [3.63, 3.8) is 0 Å². The van der Waals surface area contributed by atoms with Gasteiger partial charge in [0.15, 0.2) is 5.82 Å². The molecule has 8 heteroatoms. The fourth-order valence-electron chi connectivity index (χ4n) is 5.06. The molecular weight excluding hydrogens is 450 g/mol. The highest BCUT2D eigenvalue weighted by atomic mass is 16.1. The van der Waals surface area contributed by atoms with Crippen molar-refractivity contribution in [1.82, 2.24) is 35.4 Å².